The highest BCUT2D eigenvalue weighted by atomic mass is 19.4. The highest BCUT2D eigenvalue weighted by Gasteiger charge is 2.59. The molecule has 1 unspecified atom stereocenters. The van der Waals surface area contributed by atoms with Gasteiger partial charge in [0.1, 0.15) is 18.4 Å². The zero-order valence-corrected chi connectivity index (χ0v) is 22.1. The molecule has 6 rings (SSSR count). The minimum absolute atomic E-state index is 0.00869. The Kier molecular flexibility index (Phi) is 6.16. The predicted octanol–water partition coefficient (Wildman–Crippen LogP) is 4.34. The van der Waals surface area contributed by atoms with Crippen molar-refractivity contribution in [1.29, 1.82) is 0 Å². The van der Waals surface area contributed by atoms with Crippen molar-refractivity contribution in [2.75, 3.05) is 6.54 Å². The minimum Gasteiger partial charge on any atom is -0.427 e. The third-order valence-corrected chi connectivity index (χ3v) is 8.23. The number of carbonyl (C=O) groups excluding carboxylic acids is 3. The average molecular weight is 572 g/mol. The monoisotopic (exact) mass is 571 g/mol. The smallest absolute Gasteiger partial charge is 0.418 e. The summed E-state index contributed by atoms with van der Waals surface area (Å²) in [5, 5.41) is 8.07. The second-order valence-corrected chi connectivity index (χ2v) is 10.6. The van der Waals surface area contributed by atoms with Crippen molar-refractivity contribution in [3.05, 3.63) is 70.7 Å². The first-order chi connectivity index (χ1) is 19.4. The Balaban J connectivity index is 1.27. The number of imide groups is 1. The SMILES string of the molecule is Cc1nnn(C)c1-c1ccc2c(c1)CCC21OC(=O)N(CC(=O)N2[C@H](c3ccc(F)cc3)CC[C@@H]2C(F)(F)F)C1=O. The lowest BCUT2D eigenvalue weighted by Gasteiger charge is -2.32. The van der Waals surface area contributed by atoms with Gasteiger partial charge in [-0.3, -0.25) is 9.59 Å². The quantitative estimate of drug-likeness (QED) is 0.432. The van der Waals surface area contributed by atoms with Gasteiger partial charge in [0.15, 0.2) is 0 Å². The van der Waals surface area contributed by atoms with Gasteiger partial charge in [0.05, 0.1) is 17.4 Å². The first-order valence-electron chi connectivity index (χ1n) is 13.1. The highest BCUT2D eigenvalue weighted by molar-refractivity contribution is 6.06. The first kappa shape index (κ1) is 26.9. The van der Waals surface area contributed by atoms with E-state index in [1.807, 2.05) is 13.0 Å². The largest absolute Gasteiger partial charge is 0.427 e. The number of fused-ring (bicyclic) bond motifs is 2. The number of likely N-dealkylation sites (tertiary alicyclic amines) is 1. The van der Waals surface area contributed by atoms with E-state index in [9.17, 15) is 31.9 Å². The molecule has 3 heterocycles. The summed E-state index contributed by atoms with van der Waals surface area (Å²) in [5.74, 6) is -2.40. The van der Waals surface area contributed by atoms with Crippen LogP contribution in [-0.2, 0) is 33.4 Å². The van der Waals surface area contributed by atoms with Crippen LogP contribution < -0.4 is 0 Å². The fourth-order valence-corrected chi connectivity index (χ4v) is 6.37. The summed E-state index contributed by atoms with van der Waals surface area (Å²) in [6.45, 7) is 0.912. The molecule has 9 nitrogen and oxygen atoms in total. The molecule has 3 aromatic rings. The van der Waals surface area contributed by atoms with Crippen LogP contribution in [0.4, 0.5) is 22.4 Å². The molecular formula is C28H25F4N5O4. The summed E-state index contributed by atoms with van der Waals surface area (Å²) in [5.41, 5.74) is 2.23. The van der Waals surface area contributed by atoms with Crippen LogP contribution >= 0.6 is 0 Å². The fourth-order valence-electron chi connectivity index (χ4n) is 6.37. The Bertz CT molecular complexity index is 1550. The maximum Gasteiger partial charge on any atom is 0.418 e. The van der Waals surface area contributed by atoms with Crippen LogP contribution in [0.25, 0.3) is 11.3 Å². The number of aromatic nitrogens is 3. The number of aryl methyl sites for hydroxylation is 3. The van der Waals surface area contributed by atoms with Crippen LogP contribution in [0.15, 0.2) is 42.5 Å². The van der Waals surface area contributed by atoms with E-state index in [0.717, 1.165) is 29.0 Å². The number of nitrogens with zero attached hydrogens (tertiary/aromatic N) is 5. The minimum atomic E-state index is -4.73. The van der Waals surface area contributed by atoms with Gasteiger partial charge in [-0.1, -0.05) is 29.5 Å². The van der Waals surface area contributed by atoms with Crippen LogP contribution in [0.3, 0.4) is 0 Å². The van der Waals surface area contributed by atoms with Gasteiger partial charge in [0, 0.05) is 24.6 Å². The molecule has 2 aromatic carbocycles. The summed E-state index contributed by atoms with van der Waals surface area (Å²) in [7, 11) is 1.76. The number of amides is 3. The normalized spacial score (nSPS) is 24.0. The van der Waals surface area contributed by atoms with Crippen molar-refractivity contribution >= 4 is 17.9 Å². The number of halogens is 4. The van der Waals surface area contributed by atoms with E-state index in [1.165, 1.54) is 12.1 Å². The molecule has 0 N–H and O–H groups in total. The van der Waals surface area contributed by atoms with Crippen LogP contribution in [0.2, 0.25) is 0 Å². The number of carbonyl (C=O) groups is 3. The van der Waals surface area contributed by atoms with Gasteiger partial charge in [0.2, 0.25) is 11.5 Å². The molecule has 214 valence electrons. The molecule has 1 aromatic heterocycles. The second-order valence-electron chi connectivity index (χ2n) is 10.6. The Hall–Kier alpha value is -4.29. The Morgan fingerprint density at radius 3 is 2.51 bits per heavy atom. The molecule has 2 saturated heterocycles. The van der Waals surface area contributed by atoms with Gasteiger partial charge in [-0.15, -0.1) is 5.10 Å². The molecule has 0 radical (unpaired) electrons. The van der Waals surface area contributed by atoms with E-state index in [2.05, 4.69) is 10.3 Å². The standard InChI is InChI=1S/C28H25F4N5O4/c1-15-24(35(2)34-33-15)18-5-8-20-17(13-18)11-12-27(20)25(39)36(26(40)41-27)14-23(38)37-21(9-10-22(37)28(30,31)32)16-3-6-19(29)7-4-16/h3-8,13,21-22H,9-12,14H2,1-2H3/t21-,22+,27?/m0/s1. The molecule has 2 fully saturated rings. The molecular weight excluding hydrogens is 546 g/mol. The van der Waals surface area contributed by atoms with Crippen molar-refractivity contribution in [3.8, 4) is 11.3 Å². The fraction of sp³-hybridized carbons (Fsp3) is 0.393. The summed E-state index contributed by atoms with van der Waals surface area (Å²) in [6, 6.07) is 7.10. The average Bonchev–Trinajstić information content (AvgIpc) is 3.66. The van der Waals surface area contributed by atoms with E-state index in [4.69, 9.17) is 4.74 Å². The van der Waals surface area contributed by atoms with E-state index < -0.39 is 54.1 Å². The molecule has 3 atom stereocenters. The molecule has 3 aliphatic rings. The van der Waals surface area contributed by atoms with Crippen molar-refractivity contribution in [2.24, 2.45) is 7.05 Å². The number of hydrogen-bond acceptors (Lipinski definition) is 6. The zero-order valence-electron chi connectivity index (χ0n) is 22.1. The second kappa shape index (κ2) is 9.38. The van der Waals surface area contributed by atoms with E-state index in [1.54, 1.807) is 23.9 Å². The van der Waals surface area contributed by atoms with Crippen molar-refractivity contribution in [2.45, 2.75) is 56.5 Å². The van der Waals surface area contributed by atoms with Gasteiger partial charge < -0.3 is 9.64 Å². The number of rotatable bonds is 4. The summed E-state index contributed by atoms with van der Waals surface area (Å²) >= 11 is 0. The molecule has 41 heavy (non-hydrogen) atoms. The van der Waals surface area contributed by atoms with Crippen molar-refractivity contribution in [1.82, 2.24) is 24.8 Å². The third kappa shape index (κ3) is 4.25. The lowest BCUT2D eigenvalue weighted by molar-refractivity contribution is -0.186. The predicted molar refractivity (Wildman–Crippen MR) is 134 cm³/mol. The maximum atomic E-state index is 13.9. The van der Waals surface area contributed by atoms with Gasteiger partial charge in [-0.2, -0.15) is 13.2 Å². The molecule has 13 heteroatoms. The number of ether oxygens (including phenoxy) is 1. The van der Waals surface area contributed by atoms with E-state index >= 15 is 0 Å². The maximum absolute atomic E-state index is 13.9. The number of alkyl halides is 3. The van der Waals surface area contributed by atoms with Crippen LogP contribution in [0.1, 0.15) is 47.7 Å². The summed E-state index contributed by atoms with van der Waals surface area (Å²) in [6.07, 6.45) is -5.65. The Labute approximate surface area is 231 Å². The van der Waals surface area contributed by atoms with Crippen LogP contribution in [0.5, 0.6) is 0 Å². The highest BCUT2D eigenvalue weighted by Crippen LogP contribution is 2.47. The molecule has 0 bridgehead atoms. The van der Waals surface area contributed by atoms with Gasteiger partial charge in [-0.05, 0) is 55.5 Å². The van der Waals surface area contributed by atoms with E-state index in [-0.39, 0.29) is 19.3 Å². The molecule has 1 aliphatic carbocycles. The molecule has 0 saturated carbocycles. The topological polar surface area (TPSA) is 97.6 Å². The summed E-state index contributed by atoms with van der Waals surface area (Å²) in [4.78, 5) is 41.3. The molecule has 1 spiro atoms. The lowest BCUT2D eigenvalue weighted by Crippen LogP contribution is -2.50. The summed E-state index contributed by atoms with van der Waals surface area (Å²) < 4.78 is 62.5. The Morgan fingerprint density at radius 1 is 1.12 bits per heavy atom. The van der Waals surface area contributed by atoms with Crippen LogP contribution in [0, 0.1) is 12.7 Å². The lowest BCUT2D eigenvalue weighted by atomic mass is 9.93. The third-order valence-electron chi connectivity index (χ3n) is 8.23. The Morgan fingerprint density at radius 2 is 1.85 bits per heavy atom. The van der Waals surface area contributed by atoms with E-state index in [0.29, 0.717) is 33.0 Å². The zero-order chi connectivity index (χ0) is 29.3. The van der Waals surface area contributed by atoms with Crippen molar-refractivity contribution < 1.29 is 36.7 Å². The molecule has 3 amide bonds. The van der Waals surface area contributed by atoms with Crippen molar-refractivity contribution in [3.63, 3.8) is 0 Å². The van der Waals surface area contributed by atoms with Crippen LogP contribution in [-0.4, -0.2) is 61.5 Å². The van der Waals surface area contributed by atoms with Gasteiger partial charge in [0.25, 0.3) is 5.91 Å². The first-order valence-corrected chi connectivity index (χ1v) is 13.1. The van der Waals surface area contributed by atoms with Gasteiger partial charge >= 0.3 is 12.3 Å². The number of benzene rings is 2. The van der Waals surface area contributed by atoms with Gasteiger partial charge in [-0.25, -0.2) is 18.8 Å². The number of hydrogen-bond donors (Lipinski definition) is 0. The molecule has 2 aliphatic heterocycles.